The molecule has 3 nitrogen and oxygen atoms in total. The molecule has 19 heavy (non-hydrogen) atoms. The highest BCUT2D eigenvalue weighted by atomic mass is 35.5. The van der Waals surface area contributed by atoms with Gasteiger partial charge in [0, 0.05) is 22.8 Å². The Morgan fingerprint density at radius 2 is 1.84 bits per heavy atom. The van der Waals surface area contributed by atoms with Crippen LogP contribution in [0.2, 0.25) is 5.02 Å². The molecule has 0 radical (unpaired) electrons. The molecule has 2 rings (SSSR count). The number of hydrogen-bond acceptors (Lipinski definition) is 3. The fourth-order valence-electron chi connectivity index (χ4n) is 1.89. The molecule has 0 aliphatic carbocycles. The highest BCUT2D eigenvalue weighted by Gasteiger charge is 2.08. The summed E-state index contributed by atoms with van der Waals surface area (Å²) in [5, 5.41) is 4.02. The molecule has 4 heteroatoms. The van der Waals surface area contributed by atoms with E-state index < -0.39 is 0 Å². The van der Waals surface area contributed by atoms with Crippen molar-refractivity contribution in [1.82, 2.24) is 0 Å². The summed E-state index contributed by atoms with van der Waals surface area (Å²) in [6.45, 7) is 0.640. The number of benzene rings is 2. The van der Waals surface area contributed by atoms with E-state index in [1.807, 2.05) is 42.5 Å². The maximum Gasteiger partial charge on any atom is 0.165 e. The molecule has 0 aliphatic heterocycles. The van der Waals surface area contributed by atoms with Crippen molar-refractivity contribution < 1.29 is 9.47 Å². The molecule has 0 unspecified atom stereocenters. The van der Waals surface area contributed by atoms with Gasteiger partial charge >= 0.3 is 0 Å². The van der Waals surface area contributed by atoms with Crippen molar-refractivity contribution in [2.45, 2.75) is 6.54 Å². The summed E-state index contributed by atoms with van der Waals surface area (Å²) in [6.07, 6.45) is 0. The number of rotatable bonds is 5. The predicted molar refractivity (Wildman–Crippen MR) is 78.3 cm³/mol. The maximum atomic E-state index is 5.95. The zero-order chi connectivity index (χ0) is 13.7. The molecule has 2 aromatic rings. The van der Waals surface area contributed by atoms with Crippen LogP contribution in [0.3, 0.4) is 0 Å². The standard InChI is InChI=1S/C15H16ClNO2/c1-18-14-8-3-5-11(15(14)19-2)10-17-13-7-4-6-12(16)9-13/h3-9,17H,10H2,1-2H3. The van der Waals surface area contributed by atoms with Crippen LogP contribution < -0.4 is 14.8 Å². The van der Waals surface area contributed by atoms with Crippen LogP contribution in [0.5, 0.6) is 11.5 Å². The summed E-state index contributed by atoms with van der Waals surface area (Å²) in [7, 11) is 3.27. The molecule has 1 N–H and O–H groups in total. The average Bonchev–Trinajstić information content (AvgIpc) is 2.44. The molecular formula is C15H16ClNO2. The van der Waals surface area contributed by atoms with E-state index in [1.165, 1.54) is 0 Å². The van der Waals surface area contributed by atoms with Gasteiger partial charge in [-0.1, -0.05) is 29.8 Å². The predicted octanol–water partition coefficient (Wildman–Crippen LogP) is 3.97. The van der Waals surface area contributed by atoms with E-state index in [4.69, 9.17) is 21.1 Å². The second kappa shape index (κ2) is 6.34. The lowest BCUT2D eigenvalue weighted by Gasteiger charge is -2.13. The molecule has 0 amide bonds. The first-order valence-electron chi connectivity index (χ1n) is 5.94. The maximum absolute atomic E-state index is 5.95. The van der Waals surface area contributed by atoms with Crippen LogP contribution in [0.1, 0.15) is 5.56 Å². The van der Waals surface area contributed by atoms with Crippen molar-refractivity contribution in [3.8, 4) is 11.5 Å². The van der Waals surface area contributed by atoms with E-state index in [1.54, 1.807) is 14.2 Å². The van der Waals surface area contributed by atoms with Gasteiger partial charge in [-0.2, -0.15) is 0 Å². The Morgan fingerprint density at radius 3 is 2.53 bits per heavy atom. The fourth-order valence-corrected chi connectivity index (χ4v) is 2.08. The second-order valence-corrected chi connectivity index (χ2v) is 4.45. The van der Waals surface area contributed by atoms with Crippen LogP contribution >= 0.6 is 11.6 Å². The topological polar surface area (TPSA) is 30.5 Å². The van der Waals surface area contributed by atoms with Crippen molar-refractivity contribution in [3.05, 3.63) is 53.1 Å². The highest BCUT2D eigenvalue weighted by Crippen LogP contribution is 2.31. The van der Waals surface area contributed by atoms with Crippen molar-refractivity contribution in [3.63, 3.8) is 0 Å². The Hall–Kier alpha value is -1.87. The molecule has 0 aliphatic rings. The van der Waals surface area contributed by atoms with Crippen molar-refractivity contribution in [2.24, 2.45) is 0 Å². The van der Waals surface area contributed by atoms with E-state index in [-0.39, 0.29) is 0 Å². The van der Waals surface area contributed by atoms with Gasteiger partial charge in [-0.25, -0.2) is 0 Å². The first kappa shape index (κ1) is 13.6. The largest absolute Gasteiger partial charge is 0.493 e. The van der Waals surface area contributed by atoms with Gasteiger partial charge in [-0.3, -0.25) is 0 Å². The summed E-state index contributed by atoms with van der Waals surface area (Å²) in [6, 6.07) is 13.4. The first-order chi connectivity index (χ1) is 9.24. The summed E-state index contributed by atoms with van der Waals surface area (Å²) >= 11 is 5.95. The average molecular weight is 278 g/mol. The van der Waals surface area contributed by atoms with Crippen LogP contribution in [0.4, 0.5) is 5.69 Å². The van der Waals surface area contributed by atoms with Gasteiger partial charge in [0.05, 0.1) is 14.2 Å². The SMILES string of the molecule is COc1cccc(CNc2cccc(Cl)c2)c1OC. The monoisotopic (exact) mass is 277 g/mol. The number of halogens is 1. The van der Waals surface area contributed by atoms with Gasteiger partial charge in [0.2, 0.25) is 0 Å². The summed E-state index contributed by atoms with van der Waals surface area (Å²) in [5.41, 5.74) is 2.00. The van der Waals surface area contributed by atoms with Crippen LogP contribution in [-0.2, 0) is 6.54 Å². The quantitative estimate of drug-likeness (QED) is 0.897. The van der Waals surface area contributed by atoms with Gasteiger partial charge in [-0.05, 0) is 24.3 Å². The minimum Gasteiger partial charge on any atom is -0.493 e. The number of nitrogens with one attached hydrogen (secondary N) is 1. The Balaban J connectivity index is 2.15. The molecular weight excluding hydrogens is 262 g/mol. The molecule has 0 aromatic heterocycles. The van der Waals surface area contributed by atoms with E-state index in [9.17, 15) is 0 Å². The fraction of sp³-hybridized carbons (Fsp3) is 0.200. The number of methoxy groups -OCH3 is 2. The lowest BCUT2D eigenvalue weighted by molar-refractivity contribution is 0.352. The van der Waals surface area contributed by atoms with E-state index in [0.717, 1.165) is 22.7 Å². The van der Waals surface area contributed by atoms with Crippen molar-refractivity contribution >= 4 is 17.3 Å². The van der Waals surface area contributed by atoms with Crippen LogP contribution in [0.15, 0.2) is 42.5 Å². The Bertz CT molecular complexity index is 558. The van der Waals surface area contributed by atoms with Crippen molar-refractivity contribution in [2.75, 3.05) is 19.5 Å². The third-order valence-electron chi connectivity index (χ3n) is 2.79. The minimum absolute atomic E-state index is 0.640. The second-order valence-electron chi connectivity index (χ2n) is 4.02. The van der Waals surface area contributed by atoms with E-state index in [2.05, 4.69) is 5.32 Å². The molecule has 0 saturated heterocycles. The van der Waals surface area contributed by atoms with Crippen molar-refractivity contribution in [1.29, 1.82) is 0 Å². The summed E-state index contributed by atoms with van der Waals surface area (Å²) in [5.74, 6) is 1.48. The lowest BCUT2D eigenvalue weighted by atomic mass is 10.1. The minimum atomic E-state index is 0.640. The zero-order valence-corrected chi connectivity index (χ0v) is 11.7. The summed E-state index contributed by atoms with van der Waals surface area (Å²) < 4.78 is 10.7. The van der Waals surface area contributed by atoms with Gasteiger partial charge in [0.25, 0.3) is 0 Å². The van der Waals surface area contributed by atoms with Gasteiger partial charge in [0.15, 0.2) is 11.5 Å². The smallest absolute Gasteiger partial charge is 0.165 e. The summed E-state index contributed by atoms with van der Waals surface area (Å²) in [4.78, 5) is 0. The van der Waals surface area contributed by atoms with Gasteiger partial charge in [-0.15, -0.1) is 0 Å². The number of para-hydroxylation sites is 1. The van der Waals surface area contributed by atoms with Gasteiger partial charge < -0.3 is 14.8 Å². The number of hydrogen-bond donors (Lipinski definition) is 1. The molecule has 0 atom stereocenters. The molecule has 2 aromatic carbocycles. The zero-order valence-electron chi connectivity index (χ0n) is 10.9. The first-order valence-corrected chi connectivity index (χ1v) is 6.31. The van der Waals surface area contributed by atoms with Crippen LogP contribution in [0.25, 0.3) is 0 Å². The normalized spacial score (nSPS) is 10.1. The molecule has 0 spiro atoms. The molecule has 0 fully saturated rings. The third kappa shape index (κ3) is 3.32. The molecule has 0 bridgehead atoms. The third-order valence-corrected chi connectivity index (χ3v) is 3.03. The molecule has 0 heterocycles. The van der Waals surface area contributed by atoms with Gasteiger partial charge in [0.1, 0.15) is 0 Å². The lowest BCUT2D eigenvalue weighted by Crippen LogP contribution is -2.02. The number of anilines is 1. The molecule has 100 valence electrons. The Morgan fingerprint density at radius 1 is 1.05 bits per heavy atom. The Labute approximate surface area is 118 Å². The van der Waals surface area contributed by atoms with Crippen LogP contribution in [0, 0.1) is 0 Å². The highest BCUT2D eigenvalue weighted by molar-refractivity contribution is 6.30. The number of ether oxygens (including phenoxy) is 2. The van der Waals surface area contributed by atoms with E-state index in [0.29, 0.717) is 11.6 Å². The van der Waals surface area contributed by atoms with E-state index >= 15 is 0 Å². The molecule has 0 saturated carbocycles. The van der Waals surface area contributed by atoms with Crippen LogP contribution in [-0.4, -0.2) is 14.2 Å². The Kier molecular flexibility index (Phi) is 4.53.